The van der Waals surface area contributed by atoms with Crippen LogP contribution in [-0.2, 0) is 6.42 Å². The van der Waals surface area contributed by atoms with E-state index in [0.29, 0.717) is 23.5 Å². The molecule has 0 heterocycles. The topological polar surface area (TPSA) is 35.2 Å². The number of halogens is 2. The van der Waals surface area contributed by atoms with Gasteiger partial charge in [-0.3, -0.25) is 0 Å². The van der Waals surface area contributed by atoms with Gasteiger partial charge >= 0.3 is 0 Å². The van der Waals surface area contributed by atoms with Crippen LogP contribution in [0.2, 0.25) is 0 Å². The van der Waals surface area contributed by atoms with Crippen molar-refractivity contribution in [3.05, 3.63) is 58.3 Å². The van der Waals surface area contributed by atoms with Gasteiger partial charge < -0.3 is 10.5 Å². The number of ether oxygens (including phenoxy) is 1. The normalized spacial score (nSPS) is 12.2. The van der Waals surface area contributed by atoms with Crippen LogP contribution in [0, 0.1) is 5.82 Å². The van der Waals surface area contributed by atoms with E-state index >= 15 is 0 Å². The molecule has 20 heavy (non-hydrogen) atoms. The Labute approximate surface area is 126 Å². The van der Waals surface area contributed by atoms with Crippen molar-refractivity contribution in [3.63, 3.8) is 0 Å². The van der Waals surface area contributed by atoms with Crippen LogP contribution in [0.15, 0.2) is 46.9 Å². The molecule has 0 radical (unpaired) electrons. The molecular weight excluding hydrogens is 321 g/mol. The monoisotopic (exact) mass is 337 g/mol. The lowest BCUT2D eigenvalue weighted by Crippen LogP contribution is -2.22. The molecule has 0 bridgehead atoms. The van der Waals surface area contributed by atoms with Crippen LogP contribution in [0.25, 0.3) is 0 Å². The highest BCUT2D eigenvalue weighted by Gasteiger charge is 2.13. The Balaban J connectivity index is 2.26. The average Bonchev–Trinajstić information content (AvgIpc) is 2.45. The summed E-state index contributed by atoms with van der Waals surface area (Å²) in [6, 6.07) is 12.2. The summed E-state index contributed by atoms with van der Waals surface area (Å²) in [4.78, 5) is 0. The molecule has 0 aliphatic heterocycles. The molecule has 0 aliphatic rings. The van der Waals surface area contributed by atoms with Crippen molar-refractivity contribution in [3.8, 4) is 11.5 Å². The van der Waals surface area contributed by atoms with Gasteiger partial charge in [-0.15, -0.1) is 0 Å². The van der Waals surface area contributed by atoms with Crippen LogP contribution in [0.1, 0.15) is 18.9 Å². The molecule has 0 saturated heterocycles. The molecular formula is C16H17BrFNO. The van der Waals surface area contributed by atoms with E-state index in [0.717, 1.165) is 10.9 Å². The van der Waals surface area contributed by atoms with Crippen LogP contribution < -0.4 is 10.5 Å². The predicted octanol–water partition coefficient (Wildman–Crippen LogP) is 4.66. The second-order valence-corrected chi connectivity index (χ2v) is 5.56. The second-order valence-electron chi connectivity index (χ2n) is 4.64. The van der Waals surface area contributed by atoms with Gasteiger partial charge in [0.15, 0.2) is 0 Å². The molecule has 1 unspecified atom stereocenters. The van der Waals surface area contributed by atoms with Crippen molar-refractivity contribution < 1.29 is 9.13 Å². The van der Waals surface area contributed by atoms with Gasteiger partial charge in [0.05, 0.1) is 0 Å². The summed E-state index contributed by atoms with van der Waals surface area (Å²) in [5.41, 5.74) is 6.46. The average molecular weight is 338 g/mol. The van der Waals surface area contributed by atoms with Gasteiger partial charge in [0, 0.05) is 16.1 Å². The zero-order valence-electron chi connectivity index (χ0n) is 11.3. The first-order valence-corrected chi connectivity index (χ1v) is 7.36. The standard InChI is InChI=1S/C16H17BrFNO/c1-2-12(19)10-14-15(18)4-3-5-16(14)20-13-8-6-11(17)7-9-13/h3-9,12H,2,10,19H2,1H3. The molecule has 1 atom stereocenters. The minimum atomic E-state index is -0.275. The summed E-state index contributed by atoms with van der Waals surface area (Å²) in [5.74, 6) is 0.921. The summed E-state index contributed by atoms with van der Waals surface area (Å²) in [6.07, 6.45) is 1.26. The van der Waals surface area contributed by atoms with Crippen molar-refractivity contribution in [1.29, 1.82) is 0 Å². The van der Waals surface area contributed by atoms with E-state index in [9.17, 15) is 4.39 Å². The van der Waals surface area contributed by atoms with E-state index < -0.39 is 0 Å². The molecule has 0 spiro atoms. The van der Waals surface area contributed by atoms with E-state index in [2.05, 4.69) is 15.9 Å². The molecule has 2 aromatic carbocycles. The maximum Gasteiger partial charge on any atom is 0.133 e. The third-order valence-corrected chi connectivity index (χ3v) is 3.64. The Morgan fingerprint density at radius 3 is 2.55 bits per heavy atom. The lowest BCUT2D eigenvalue weighted by atomic mass is 10.0. The Morgan fingerprint density at radius 2 is 1.90 bits per heavy atom. The van der Waals surface area contributed by atoms with Crippen molar-refractivity contribution in [2.24, 2.45) is 5.73 Å². The van der Waals surface area contributed by atoms with Gasteiger partial charge in [0.25, 0.3) is 0 Å². The summed E-state index contributed by atoms with van der Waals surface area (Å²) < 4.78 is 20.7. The number of benzene rings is 2. The molecule has 0 aromatic heterocycles. The lowest BCUT2D eigenvalue weighted by Gasteiger charge is -2.15. The van der Waals surface area contributed by atoms with Crippen LogP contribution in [-0.4, -0.2) is 6.04 Å². The third kappa shape index (κ3) is 3.81. The first-order valence-electron chi connectivity index (χ1n) is 6.56. The number of nitrogens with two attached hydrogens (primary N) is 1. The first kappa shape index (κ1) is 15.0. The molecule has 0 amide bonds. The highest BCUT2D eigenvalue weighted by molar-refractivity contribution is 9.10. The zero-order chi connectivity index (χ0) is 14.5. The molecule has 0 fully saturated rings. The van der Waals surface area contributed by atoms with E-state index in [-0.39, 0.29) is 11.9 Å². The fourth-order valence-corrected chi connectivity index (χ4v) is 2.13. The molecule has 2 nitrogen and oxygen atoms in total. The Kier molecular flexibility index (Phi) is 5.15. The number of rotatable bonds is 5. The number of hydrogen-bond donors (Lipinski definition) is 1. The van der Waals surface area contributed by atoms with Gasteiger partial charge in [0.2, 0.25) is 0 Å². The highest BCUT2D eigenvalue weighted by atomic mass is 79.9. The van der Waals surface area contributed by atoms with Crippen molar-refractivity contribution in [2.75, 3.05) is 0 Å². The predicted molar refractivity (Wildman–Crippen MR) is 82.6 cm³/mol. The maximum absolute atomic E-state index is 14.0. The second kappa shape index (κ2) is 6.86. The zero-order valence-corrected chi connectivity index (χ0v) is 12.9. The van der Waals surface area contributed by atoms with Gasteiger partial charge in [-0.1, -0.05) is 28.9 Å². The SMILES string of the molecule is CCC(N)Cc1c(F)cccc1Oc1ccc(Br)cc1. The fourth-order valence-electron chi connectivity index (χ4n) is 1.87. The first-order chi connectivity index (χ1) is 9.60. The van der Waals surface area contributed by atoms with Crippen molar-refractivity contribution >= 4 is 15.9 Å². The quantitative estimate of drug-likeness (QED) is 0.861. The Bertz CT molecular complexity index is 571. The molecule has 106 valence electrons. The molecule has 2 rings (SSSR count). The van der Waals surface area contributed by atoms with Gasteiger partial charge in [-0.05, 0) is 49.2 Å². The minimum Gasteiger partial charge on any atom is -0.457 e. The van der Waals surface area contributed by atoms with E-state index in [1.54, 1.807) is 12.1 Å². The minimum absolute atomic E-state index is 0.0702. The molecule has 0 saturated carbocycles. The van der Waals surface area contributed by atoms with Gasteiger partial charge in [-0.2, -0.15) is 0 Å². The Morgan fingerprint density at radius 1 is 1.20 bits per heavy atom. The lowest BCUT2D eigenvalue weighted by molar-refractivity contribution is 0.461. The van der Waals surface area contributed by atoms with Crippen LogP contribution >= 0.6 is 15.9 Å². The fraction of sp³-hybridized carbons (Fsp3) is 0.250. The summed E-state index contributed by atoms with van der Waals surface area (Å²) >= 11 is 3.37. The van der Waals surface area contributed by atoms with E-state index in [1.807, 2.05) is 31.2 Å². The van der Waals surface area contributed by atoms with Crippen LogP contribution in [0.3, 0.4) is 0 Å². The Hall–Kier alpha value is -1.39. The van der Waals surface area contributed by atoms with Crippen LogP contribution in [0.5, 0.6) is 11.5 Å². The molecule has 0 aliphatic carbocycles. The van der Waals surface area contributed by atoms with Gasteiger partial charge in [0.1, 0.15) is 17.3 Å². The van der Waals surface area contributed by atoms with Crippen molar-refractivity contribution in [2.45, 2.75) is 25.8 Å². The third-order valence-electron chi connectivity index (χ3n) is 3.11. The largest absolute Gasteiger partial charge is 0.457 e. The highest BCUT2D eigenvalue weighted by Crippen LogP contribution is 2.29. The molecule has 4 heteroatoms. The summed E-state index contributed by atoms with van der Waals surface area (Å²) in [5, 5.41) is 0. The summed E-state index contributed by atoms with van der Waals surface area (Å²) in [6.45, 7) is 1.99. The van der Waals surface area contributed by atoms with E-state index in [1.165, 1.54) is 6.07 Å². The maximum atomic E-state index is 14.0. The number of hydrogen-bond acceptors (Lipinski definition) is 2. The smallest absolute Gasteiger partial charge is 0.133 e. The van der Waals surface area contributed by atoms with Crippen LogP contribution in [0.4, 0.5) is 4.39 Å². The van der Waals surface area contributed by atoms with Crippen molar-refractivity contribution in [1.82, 2.24) is 0 Å². The summed E-state index contributed by atoms with van der Waals surface area (Å²) in [7, 11) is 0. The molecule has 2 aromatic rings. The van der Waals surface area contributed by atoms with E-state index in [4.69, 9.17) is 10.5 Å². The van der Waals surface area contributed by atoms with Gasteiger partial charge in [-0.25, -0.2) is 4.39 Å². The molecule has 2 N–H and O–H groups in total.